The lowest BCUT2D eigenvalue weighted by Gasteiger charge is -2.32. The van der Waals surface area contributed by atoms with Crippen molar-refractivity contribution in [2.24, 2.45) is 5.92 Å². The summed E-state index contributed by atoms with van der Waals surface area (Å²) in [6, 6.07) is 6.14. The number of ether oxygens (including phenoxy) is 1. The second kappa shape index (κ2) is 8.99. The van der Waals surface area contributed by atoms with Gasteiger partial charge in [0, 0.05) is 25.7 Å². The van der Waals surface area contributed by atoms with E-state index in [1.807, 2.05) is 13.8 Å². The fourth-order valence-electron chi connectivity index (χ4n) is 2.68. The average molecular weight is 338 g/mol. The van der Waals surface area contributed by atoms with E-state index >= 15 is 0 Å². The molecule has 134 valence electrons. The van der Waals surface area contributed by atoms with Gasteiger partial charge in [-0.3, -0.25) is 0 Å². The van der Waals surface area contributed by atoms with Gasteiger partial charge in [-0.25, -0.2) is 9.18 Å². The van der Waals surface area contributed by atoms with Gasteiger partial charge in [-0.1, -0.05) is 26.0 Å². The van der Waals surface area contributed by atoms with Gasteiger partial charge in [-0.15, -0.1) is 0 Å². The number of aliphatic hydroxyl groups excluding tert-OH is 1. The first-order chi connectivity index (χ1) is 11.5. The number of nitrogens with one attached hydrogen (secondary N) is 1. The Bertz CT molecular complexity index is 514. The van der Waals surface area contributed by atoms with Crippen LogP contribution in [0.25, 0.3) is 0 Å². The number of hydrogen-bond donors (Lipinski definition) is 2. The largest absolute Gasteiger partial charge is 0.449 e. The standard InChI is InChI=1S/C18H27FN2O3/c1-13(2)12-24-18(23)21-9-7-16(8-10-21)20-11-17(22)14-3-5-15(19)6-4-14/h3-6,13,16-17,20,22H,7-12H2,1-2H3. The lowest BCUT2D eigenvalue weighted by Crippen LogP contribution is -2.46. The van der Waals surface area contributed by atoms with Crippen LogP contribution in [-0.4, -0.2) is 48.4 Å². The Hall–Kier alpha value is -1.66. The zero-order valence-electron chi connectivity index (χ0n) is 14.4. The number of amides is 1. The molecular formula is C18H27FN2O3. The van der Waals surface area contributed by atoms with Crippen molar-refractivity contribution in [3.63, 3.8) is 0 Å². The zero-order valence-corrected chi connectivity index (χ0v) is 14.4. The Morgan fingerprint density at radius 3 is 2.54 bits per heavy atom. The van der Waals surface area contributed by atoms with E-state index in [2.05, 4.69) is 5.32 Å². The Morgan fingerprint density at radius 2 is 1.96 bits per heavy atom. The number of benzene rings is 1. The zero-order chi connectivity index (χ0) is 17.5. The fourth-order valence-corrected chi connectivity index (χ4v) is 2.68. The summed E-state index contributed by atoms with van der Waals surface area (Å²) in [7, 11) is 0. The van der Waals surface area contributed by atoms with Crippen LogP contribution >= 0.6 is 0 Å². The Kier molecular flexibility index (Phi) is 6.99. The van der Waals surface area contributed by atoms with E-state index in [4.69, 9.17) is 4.74 Å². The molecule has 0 saturated carbocycles. The summed E-state index contributed by atoms with van der Waals surface area (Å²) in [6.07, 6.45) is 0.743. The predicted molar refractivity (Wildman–Crippen MR) is 90.1 cm³/mol. The monoisotopic (exact) mass is 338 g/mol. The number of halogens is 1. The van der Waals surface area contributed by atoms with Crippen molar-refractivity contribution in [3.05, 3.63) is 35.6 Å². The molecule has 2 rings (SSSR count). The lowest BCUT2D eigenvalue weighted by molar-refractivity contribution is 0.0802. The van der Waals surface area contributed by atoms with E-state index in [1.54, 1.807) is 17.0 Å². The molecule has 1 aromatic rings. The van der Waals surface area contributed by atoms with Crippen molar-refractivity contribution in [3.8, 4) is 0 Å². The van der Waals surface area contributed by atoms with Gasteiger partial charge in [-0.05, 0) is 36.5 Å². The number of rotatable bonds is 6. The van der Waals surface area contributed by atoms with Crippen molar-refractivity contribution < 1.29 is 19.0 Å². The first kappa shape index (κ1) is 18.7. The van der Waals surface area contributed by atoms with E-state index < -0.39 is 6.10 Å². The van der Waals surface area contributed by atoms with Gasteiger partial charge in [0.1, 0.15) is 5.82 Å². The number of piperidine rings is 1. The number of hydrogen-bond acceptors (Lipinski definition) is 4. The molecule has 0 bridgehead atoms. The van der Waals surface area contributed by atoms with Crippen LogP contribution in [0.4, 0.5) is 9.18 Å². The number of carbonyl (C=O) groups excluding carboxylic acids is 1. The molecular weight excluding hydrogens is 311 g/mol. The van der Waals surface area contributed by atoms with Gasteiger partial charge in [0.25, 0.3) is 0 Å². The fraction of sp³-hybridized carbons (Fsp3) is 0.611. The van der Waals surface area contributed by atoms with E-state index in [9.17, 15) is 14.3 Å². The number of carbonyl (C=O) groups is 1. The van der Waals surface area contributed by atoms with Crippen molar-refractivity contribution >= 4 is 6.09 Å². The molecule has 6 heteroatoms. The molecule has 0 aliphatic carbocycles. The van der Waals surface area contributed by atoms with E-state index in [-0.39, 0.29) is 18.0 Å². The van der Waals surface area contributed by atoms with Crippen LogP contribution < -0.4 is 5.32 Å². The van der Waals surface area contributed by atoms with Crippen molar-refractivity contribution in [2.75, 3.05) is 26.2 Å². The summed E-state index contributed by atoms with van der Waals surface area (Å²) in [4.78, 5) is 13.6. The summed E-state index contributed by atoms with van der Waals surface area (Å²) in [5.74, 6) is 0.0248. The first-order valence-corrected chi connectivity index (χ1v) is 8.54. The molecule has 24 heavy (non-hydrogen) atoms. The molecule has 1 aliphatic heterocycles. The maximum Gasteiger partial charge on any atom is 0.409 e. The molecule has 1 unspecified atom stereocenters. The van der Waals surface area contributed by atoms with Crippen molar-refractivity contribution in [2.45, 2.75) is 38.8 Å². The summed E-state index contributed by atoms with van der Waals surface area (Å²) in [5, 5.41) is 13.5. The molecule has 1 fully saturated rings. The van der Waals surface area contributed by atoms with Gasteiger partial charge in [0.2, 0.25) is 0 Å². The normalized spacial score (nSPS) is 17.1. The maximum absolute atomic E-state index is 12.9. The third-order valence-corrected chi connectivity index (χ3v) is 4.15. The highest BCUT2D eigenvalue weighted by Gasteiger charge is 2.24. The molecule has 0 spiro atoms. The molecule has 0 aromatic heterocycles. The molecule has 0 radical (unpaired) electrons. The SMILES string of the molecule is CC(C)COC(=O)N1CCC(NCC(O)c2ccc(F)cc2)CC1. The molecule has 1 aromatic carbocycles. The highest BCUT2D eigenvalue weighted by Crippen LogP contribution is 2.15. The summed E-state index contributed by atoms with van der Waals surface area (Å²) in [5.41, 5.74) is 0.693. The van der Waals surface area contributed by atoms with E-state index in [1.165, 1.54) is 12.1 Å². The molecule has 1 amide bonds. The highest BCUT2D eigenvalue weighted by molar-refractivity contribution is 5.67. The van der Waals surface area contributed by atoms with Crippen LogP contribution in [-0.2, 0) is 4.74 Å². The van der Waals surface area contributed by atoms with Gasteiger partial charge in [0.05, 0.1) is 12.7 Å². The minimum absolute atomic E-state index is 0.242. The number of nitrogens with zero attached hydrogens (tertiary/aromatic N) is 1. The number of aliphatic hydroxyl groups is 1. The minimum atomic E-state index is -0.667. The van der Waals surface area contributed by atoms with Crippen molar-refractivity contribution in [1.82, 2.24) is 10.2 Å². The van der Waals surface area contributed by atoms with Gasteiger partial charge in [-0.2, -0.15) is 0 Å². The van der Waals surface area contributed by atoms with Gasteiger partial charge < -0.3 is 20.1 Å². The molecule has 1 aliphatic rings. The van der Waals surface area contributed by atoms with E-state index in [0.717, 1.165) is 12.8 Å². The quantitative estimate of drug-likeness (QED) is 0.837. The molecule has 1 atom stereocenters. The third-order valence-electron chi connectivity index (χ3n) is 4.15. The van der Waals surface area contributed by atoms with Crippen LogP contribution in [0.15, 0.2) is 24.3 Å². The summed E-state index contributed by atoms with van der Waals surface area (Å²) < 4.78 is 18.1. The molecule has 2 N–H and O–H groups in total. The molecule has 1 saturated heterocycles. The van der Waals surface area contributed by atoms with Gasteiger partial charge in [0.15, 0.2) is 0 Å². The predicted octanol–water partition coefficient (Wildman–Crippen LogP) is 2.71. The van der Waals surface area contributed by atoms with Crippen LogP contribution in [0, 0.1) is 11.7 Å². The van der Waals surface area contributed by atoms with Crippen LogP contribution in [0.5, 0.6) is 0 Å². The lowest BCUT2D eigenvalue weighted by atomic mass is 10.0. The Morgan fingerprint density at radius 1 is 1.33 bits per heavy atom. The summed E-state index contributed by atoms with van der Waals surface area (Å²) >= 11 is 0. The Labute approximate surface area is 142 Å². The number of likely N-dealkylation sites (tertiary alicyclic amines) is 1. The third kappa shape index (κ3) is 5.76. The van der Waals surface area contributed by atoms with Crippen molar-refractivity contribution in [1.29, 1.82) is 0 Å². The van der Waals surface area contributed by atoms with E-state index in [0.29, 0.717) is 37.7 Å². The summed E-state index contributed by atoms with van der Waals surface area (Å²) in [6.45, 7) is 6.18. The van der Waals surface area contributed by atoms with Crippen LogP contribution in [0.3, 0.4) is 0 Å². The first-order valence-electron chi connectivity index (χ1n) is 8.54. The minimum Gasteiger partial charge on any atom is -0.449 e. The van der Waals surface area contributed by atoms with Gasteiger partial charge >= 0.3 is 6.09 Å². The Balaban J connectivity index is 1.69. The highest BCUT2D eigenvalue weighted by atomic mass is 19.1. The topological polar surface area (TPSA) is 61.8 Å². The molecule has 5 nitrogen and oxygen atoms in total. The average Bonchev–Trinajstić information content (AvgIpc) is 2.58. The van der Waals surface area contributed by atoms with Crippen LogP contribution in [0.1, 0.15) is 38.4 Å². The molecule has 1 heterocycles. The maximum atomic E-state index is 12.9. The smallest absolute Gasteiger partial charge is 0.409 e. The second-order valence-electron chi connectivity index (χ2n) is 6.71. The van der Waals surface area contributed by atoms with Crippen LogP contribution in [0.2, 0.25) is 0 Å². The second-order valence-corrected chi connectivity index (χ2v) is 6.71.